The summed E-state index contributed by atoms with van der Waals surface area (Å²) in [5.41, 5.74) is 2.72. The van der Waals surface area contributed by atoms with Crippen LogP contribution in [0.1, 0.15) is 21.5 Å². The second-order valence-electron chi connectivity index (χ2n) is 4.04. The van der Waals surface area contributed by atoms with Crippen molar-refractivity contribution < 1.29 is 9.63 Å². The second-order valence-corrected chi connectivity index (χ2v) is 4.46. The van der Waals surface area contributed by atoms with E-state index in [1.807, 2.05) is 26.0 Å². The lowest BCUT2D eigenvalue weighted by Crippen LogP contribution is -2.20. The van der Waals surface area contributed by atoms with Crippen LogP contribution in [0.2, 0.25) is 0 Å². The second kappa shape index (κ2) is 5.14. The first kappa shape index (κ1) is 12.5. The van der Waals surface area contributed by atoms with E-state index in [0.29, 0.717) is 10.2 Å². The van der Waals surface area contributed by atoms with Gasteiger partial charge in [-0.2, -0.15) is 4.73 Å². The summed E-state index contributed by atoms with van der Waals surface area (Å²) in [4.78, 5) is 17.1. The summed E-state index contributed by atoms with van der Waals surface area (Å²) in [6.45, 7) is 3.96. The normalized spacial score (nSPS) is 10.1. The highest BCUT2D eigenvalue weighted by Crippen LogP contribution is 2.10. The van der Waals surface area contributed by atoms with E-state index in [1.54, 1.807) is 30.5 Å². The quantitative estimate of drug-likeness (QED) is 0.777. The van der Waals surface area contributed by atoms with Crippen LogP contribution >= 0.6 is 12.2 Å². The molecule has 2 aromatic rings. The monoisotopic (exact) mass is 259 g/mol. The zero-order valence-corrected chi connectivity index (χ0v) is 11.0. The molecule has 1 heterocycles. The van der Waals surface area contributed by atoms with Crippen LogP contribution in [-0.4, -0.2) is 10.7 Å². The Morgan fingerprint density at radius 1 is 1.17 bits per heavy atom. The number of aryl methyl sites for hydroxylation is 2. The van der Waals surface area contributed by atoms with E-state index < -0.39 is 5.97 Å². The molecule has 0 radical (unpaired) electrons. The van der Waals surface area contributed by atoms with Gasteiger partial charge in [-0.1, -0.05) is 24.4 Å². The summed E-state index contributed by atoms with van der Waals surface area (Å²) < 4.78 is 1.74. The topological polar surface area (TPSA) is 31.2 Å². The number of rotatable bonds is 2. The number of hydrogen-bond donors (Lipinski definition) is 0. The SMILES string of the molecule is Cc1ccc(C(=O)On2ccccc2=S)cc1C. The van der Waals surface area contributed by atoms with Gasteiger partial charge in [0.05, 0.1) is 5.56 Å². The molecule has 0 bridgehead atoms. The Hall–Kier alpha value is -1.94. The molecule has 0 saturated heterocycles. The van der Waals surface area contributed by atoms with Crippen molar-refractivity contribution in [2.24, 2.45) is 0 Å². The maximum Gasteiger partial charge on any atom is 0.363 e. The molecule has 0 amide bonds. The lowest BCUT2D eigenvalue weighted by molar-refractivity contribution is 0.0452. The van der Waals surface area contributed by atoms with Gasteiger partial charge in [0.2, 0.25) is 0 Å². The molecule has 4 heteroatoms. The Balaban J connectivity index is 2.25. The number of hydrogen-bond acceptors (Lipinski definition) is 3. The molecule has 1 aromatic heterocycles. The number of carbonyl (C=O) groups is 1. The summed E-state index contributed by atoms with van der Waals surface area (Å²) in [6, 6.07) is 10.7. The molecule has 92 valence electrons. The summed E-state index contributed by atoms with van der Waals surface area (Å²) in [5.74, 6) is -0.416. The maximum atomic E-state index is 11.9. The predicted octanol–water partition coefficient (Wildman–Crippen LogP) is 3.10. The van der Waals surface area contributed by atoms with Crippen molar-refractivity contribution in [3.63, 3.8) is 0 Å². The summed E-state index contributed by atoms with van der Waals surface area (Å²) >= 11 is 5.05. The van der Waals surface area contributed by atoms with Crippen LogP contribution in [0.3, 0.4) is 0 Å². The van der Waals surface area contributed by atoms with Crippen molar-refractivity contribution in [2.75, 3.05) is 0 Å². The van der Waals surface area contributed by atoms with Gasteiger partial charge >= 0.3 is 5.97 Å². The van der Waals surface area contributed by atoms with E-state index in [1.165, 1.54) is 4.73 Å². The fourth-order valence-electron chi connectivity index (χ4n) is 1.50. The highest BCUT2D eigenvalue weighted by atomic mass is 32.1. The van der Waals surface area contributed by atoms with E-state index in [2.05, 4.69) is 0 Å². The molecule has 0 N–H and O–H groups in total. The number of carbonyl (C=O) groups excluding carboxylic acids is 1. The molecule has 3 nitrogen and oxygen atoms in total. The van der Waals surface area contributed by atoms with Gasteiger partial charge in [0.1, 0.15) is 4.64 Å². The van der Waals surface area contributed by atoms with Crippen molar-refractivity contribution in [3.05, 3.63) is 63.9 Å². The molecule has 2 rings (SSSR count). The van der Waals surface area contributed by atoms with Crippen LogP contribution in [0, 0.1) is 18.5 Å². The van der Waals surface area contributed by atoms with Crippen molar-refractivity contribution >= 4 is 18.2 Å². The Morgan fingerprint density at radius 2 is 1.94 bits per heavy atom. The number of benzene rings is 1. The van der Waals surface area contributed by atoms with Gasteiger partial charge in [-0.15, -0.1) is 0 Å². The van der Waals surface area contributed by atoms with Gasteiger partial charge < -0.3 is 4.84 Å². The Bertz CT molecular complexity index is 646. The third kappa shape index (κ3) is 2.65. The Labute approximate surface area is 111 Å². The van der Waals surface area contributed by atoms with Crippen LogP contribution in [0.25, 0.3) is 0 Å². The average molecular weight is 259 g/mol. The van der Waals surface area contributed by atoms with Gasteiger partial charge in [-0.05, 0) is 49.2 Å². The van der Waals surface area contributed by atoms with E-state index >= 15 is 0 Å². The van der Waals surface area contributed by atoms with Gasteiger partial charge in [-0.25, -0.2) is 4.79 Å². The molecule has 0 spiro atoms. The van der Waals surface area contributed by atoms with Crippen molar-refractivity contribution in [2.45, 2.75) is 13.8 Å². The minimum atomic E-state index is -0.416. The van der Waals surface area contributed by atoms with Gasteiger partial charge in [0.25, 0.3) is 0 Å². The standard InChI is InChI=1S/C14H13NO2S/c1-10-6-7-12(9-11(10)2)14(16)17-15-8-4-3-5-13(15)18/h3-9H,1-2H3. The molecule has 0 saturated carbocycles. The molecule has 0 fully saturated rings. The highest BCUT2D eigenvalue weighted by molar-refractivity contribution is 7.71. The lowest BCUT2D eigenvalue weighted by atomic mass is 10.1. The van der Waals surface area contributed by atoms with Crippen LogP contribution in [0.15, 0.2) is 42.6 Å². The van der Waals surface area contributed by atoms with Crippen LogP contribution in [-0.2, 0) is 0 Å². The molecule has 18 heavy (non-hydrogen) atoms. The molecule has 0 aliphatic carbocycles. The third-order valence-corrected chi connectivity index (χ3v) is 3.03. The smallest absolute Gasteiger partial charge is 0.330 e. The van der Waals surface area contributed by atoms with Crippen molar-refractivity contribution in [1.29, 1.82) is 0 Å². The summed E-state index contributed by atoms with van der Waals surface area (Å²) in [7, 11) is 0. The molecular weight excluding hydrogens is 246 g/mol. The van der Waals surface area contributed by atoms with Crippen molar-refractivity contribution in [1.82, 2.24) is 4.73 Å². The molecule has 0 unspecified atom stereocenters. The lowest BCUT2D eigenvalue weighted by Gasteiger charge is -2.08. The molecule has 0 aliphatic heterocycles. The number of pyridine rings is 1. The minimum absolute atomic E-state index is 0.416. The Morgan fingerprint density at radius 3 is 2.61 bits per heavy atom. The van der Waals surface area contributed by atoms with Crippen molar-refractivity contribution in [3.8, 4) is 0 Å². The summed E-state index contributed by atoms with van der Waals surface area (Å²) in [5, 5.41) is 0. The zero-order valence-electron chi connectivity index (χ0n) is 10.2. The predicted molar refractivity (Wildman–Crippen MR) is 72.1 cm³/mol. The van der Waals surface area contributed by atoms with E-state index in [4.69, 9.17) is 17.1 Å². The molecule has 0 aliphatic rings. The zero-order chi connectivity index (χ0) is 13.1. The third-order valence-electron chi connectivity index (χ3n) is 2.71. The van der Waals surface area contributed by atoms with E-state index in [-0.39, 0.29) is 0 Å². The van der Waals surface area contributed by atoms with E-state index in [0.717, 1.165) is 11.1 Å². The van der Waals surface area contributed by atoms with Gasteiger partial charge in [0, 0.05) is 6.20 Å². The molecule has 0 atom stereocenters. The first-order valence-electron chi connectivity index (χ1n) is 5.55. The largest absolute Gasteiger partial charge is 0.363 e. The maximum absolute atomic E-state index is 11.9. The number of aromatic nitrogens is 1. The van der Waals surface area contributed by atoms with Crippen LogP contribution in [0.4, 0.5) is 0 Å². The van der Waals surface area contributed by atoms with Gasteiger partial charge in [-0.3, -0.25) is 0 Å². The first-order chi connectivity index (χ1) is 8.58. The number of nitrogens with zero attached hydrogens (tertiary/aromatic N) is 1. The molecule has 1 aromatic carbocycles. The van der Waals surface area contributed by atoms with Crippen LogP contribution < -0.4 is 4.84 Å². The average Bonchev–Trinajstić information content (AvgIpc) is 2.35. The summed E-state index contributed by atoms with van der Waals surface area (Å²) in [6.07, 6.45) is 1.61. The highest BCUT2D eigenvalue weighted by Gasteiger charge is 2.09. The fraction of sp³-hybridized carbons (Fsp3) is 0.143. The van der Waals surface area contributed by atoms with E-state index in [9.17, 15) is 4.79 Å². The van der Waals surface area contributed by atoms with Gasteiger partial charge in [0.15, 0.2) is 0 Å². The first-order valence-corrected chi connectivity index (χ1v) is 5.96. The fourth-order valence-corrected chi connectivity index (χ4v) is 1.68. The molecular formula is C14H13NO2S. The minimum Gasteiger partial charge on any atom is -0.330 e. The Kier molecular flexibility index (Phi) is 3.58. The van der Waals surface area contributed by atoms with Crippen LogP contribution in [0.5, 0.6) is 0 Å².